The molecule has 0 spiro atoms. The molecule has 0 amide bonds. The van der Waals surface area contributed by atoms with Crippen LogP contribution in [0.1, 0.15) is 18.9 Å². The average Bonchev–Trinajstić information content (AvgIpc) is 2.18. The minimum atomic E-state index is -1.83. The summed E-state index contributed by atoms with van der Waals surface area (Å²) in [5.74, 6) is -1.83. The topological polar surface area (TPSA) is 40.5 Å². The number of thiol groups is 1. The predicted molar refractivity (Wildman–Crippen MR) is 55.6 cm³/mol. The molecular weight excluding hydrogens is 184 g/mol. The van der Waals surface area contributed by atoms with Crippen LogP contribution in [0.5, 0.6) is 0 Å². The Balaban J connectivity index is 2.93. The van der Waals surface area contributed by atoms with E-state index in [1.807, 2.05) is 13.0 Å². The number of rotatable bonds is 3. The SMILES string of the molecule is CCC(S)C(O)(O)c1ccccc1. The van der Waals surface area contributed by atoms with E-state index >= 15 is 0 Å². The third-order valence-corrected chi connectivity index (χ3v) is 2.78. The highest BCUT2D eigenvalue weighted by Crippen LogP contribution is 2.27. The van der Waals surface area contributed by atoms with Gasteiger partial charge in [-0.2, -0.15) is 12.6 Å². The molecule has 0 bridgehead atoms. The van der Waals surface area contributed by atoms with Crippen molar-refractivity contribution in [1.82, 2.24) is 0 Å². The molecule has 0 heterocycles. The van der Waals surface area contributed by atoms with Gasteiger partial charge in [-0.25, -0.2) is 0 Å². The van der Waals surface area contributed by atoms with Gasteiger partial charge in [-0.05, 0) is 6.42 Å². The summed E-state index contributed by atoms with van der Waals surface area (Å²) in [7, 11) is 0. The third-order valence-electron chi connectivity index (χ3n) is 2.05. The van der Waals surface area contributed by atoms with E-state index in [0.29, 0.717) is 12.0 Å². The van der Waals surface area contributed by atoms with Crippen LogP contribution in [0.15, 0.2) is 30.3 Å². The van der Waals surface area contributed by atoms with E-state index in [0.717, 1.165) is 0 Å². The zero-order chi connectivity index (χ0) is 9.90. The summed E-state index contributed by atoms with van der Waals surface area (Å²) in [6, 6.07) is 8.73. The van der Waals surface area contributed by atoms with Gasteiger partial charge >= 0.3 is 0 Å². The zero-order valence-corrected chi connectivity index (χ0v) is 8.41. The van der Waals surface area contributed by atoms with Crippen LogP contribution in [0.25, 0.3) is 0 Å². The summed E-state index contributed by atoms with van der Waals surface area (Å²) in [4.78, 5) is 0. The molecule has 0 aromatic heterocycles. The van der Waals surface area contributed by atoms with Crippen LogP contribution in [0.4, 0.5) is 0 Å². The molecule has 72 valence electrons. The number of benzene rings is 1. The second-order valence-electron chi connectivity index (χ2n) is 3.02. The maximum absolute atomic E-state index is 9.73. The largest absolute Gasteiger partial charge is 0.361 e. The Morgan fingerprint density at radius 2 is 1.85 bits per heavy atom. The smallest absolute Gasteiger partial charge is 0.201 e. The van der Waals surface area contributed by atoms with Crippen LogP contribution in [0, 0.1) is 0 Å². The highest BCUT2D eigenvalue weighted by molar-refractivity contribution is 7.81. The van der Waals surface area contributed by atoms with Gasteiger partial charge in [0.1, 0.15) is 0 Å². The molecule has 0 aliphatic heterocycles. The molecule has 2 N–H and O–H groups in total. The van der Waals surface area contributed by atoms with Gasteiger partial charge in [0, 0.05) is 5.56 Å². The first kappa shape index (κ1) is 10.6. The fourth-order valence-corrected chi connectivity index (χ4v) is 1.31. The monoisotopic (exact) mass is 198 g/mol. The van der Waals surface area contributed by atoms with Crippen molar-refractivity contribution < 1.29 is 10.2 Å². The summed E-state index contributed by atoms with van der Waals surface area (Å²) in [5.41, 5.74) is 0.483. The molecule has 3 heteroatoms. The quantitative estimate of drug-likeness (QED) is 0.509. The van der Waals surface area contributed by atoms with Gasteiger partial charge in [0.25, 0.3) is 0 Å². The van der Waals surface area contributed by atoms with E-state index in [9.17, 15) is 10.2 Å². The van der Waals surface area contributed by atoms with Crippen molar-refractivity contribution in [2.24, 2.45) is 0 Å². The van der Waals surface area contributed by atoms with Crippen molar-refractivity contribution in [3.63, 3.8) is 0 Å². The minimum absolute atomic E-state index is 0.463. The molecule has 1 atom stereocenters. The van der Waals surface area contributed by atoms with Crippen LogP contribution < -0.4 is 0 Å². The Labute approximate surface area is 83.6 Å². The Kier molecular flexibility index (Phi) is 3.36. The Bertz CT molecular complexity index is 259. The summed E-state index contributed by atoms with van der Waals surface area (Å²) in [6.07, 6.45) is 0.602. The van der Waals surface area contributed by atoms with Crippen molar-refractivity contribution in [1.29, 1.82) is 0 Å². The lowest BCUT2D eigenvalue weighted by Crippen LogP contribution is -2.35. The predicted octanol–water partition coefficient (Wildman–Crippen LogP) is 1.53. The summed E-state index contributed by atoms with van der Waals surface area (Å²) >= 11 is 4.12. The third kappa shape index (κ3) is 2.24. The first-order chi connectivity index (χ1) is 6.09. The van der Waals surface area contributed by atoms with Crippen molar-refractivity contribution in [3.8, 4) is 0 Å². The summed E-state index contributed by atoms with van der Waals surface area (Å²) < 4.78 is 0. The lowest BCUT2D eigenvalue weighted by molar-refractivity contribution is -0.169. The van der Waals surface area contributed by atoms with Crippen molar-refractivity contribution in [2.75, 3.05) is 0 Å². The number of hydrogen-bond donors (Lipinski definition) is 3. The molecule has 1 aromatic rings. The second kappa shape index (κ2) is 4.13. The molecular formula is C10H14O2S. The molecule has 1 aromatic carbocycles. The molecule has 0 fully saturated rings. The van der Waals surface area contributed by atoms with E-state index in [1.165, 1.54) is 0 Å². The van der Waals surface area contributed by atoms with Crippen LogP contribution >= 0.6 is 12.6 Å². The number of hydrogen-bond acceptors (Lipinski definition) is 3. The molecule has 13 heavy (non-hydrogen) atoms. The molecule has 0 aliphatic rings. The van der Waals surface area contributed by atoms with Gasteiger partial charge in [-0.1, -0.05) is 37.3 Å². The molecule has 0 saturated heterocycles. The fourth-order valence-electron chi connectivity index (χ4n) is 1.16. The molecule has 1 unspecified atom stereocenters. The van der Waals surface area contributed by atoms with Crippen LogP contribution in [0.2, 0.25) is 0 Å². The average molecular weight is 198 g/mol. The van der Waals surface area contributed by atoms with Gasteiger partial charge in [-0.3, -0.25) is 0 Å². The summed E-state index contributed by atoms with van der Waals surface area (Å²) in [5, 5.41) is 19.0. The van der Waals surface area contributed by atoms with Gasteiger partial charge in [0.05, 0.1) is 5.25 Å². The fraction of sp³-hybridized carbons (Fsp3) is 0.400. The van der Waals surface area contributed by atoms with Crippen molar-refractivity contribution in [3.05, 3.63) is 35.9 Å². The van der Waals surface area contributed by atoms with Crippen LogP contribution in [-0.4, -0.2) is 15.5 Å². The van der Waals surface area contributed by atoms with E-state index in [2.05, 4.69) is 12.6 Å². The maximum Gasteiger partial charge on any atom is 0.201 e. The Hall–Kier alpha value is -0.510. The van der Waals surface area contributed by atoms with E-state index in [-0.39, 0.29) is 0 Å². The van der Waals surface area contributed by atoms with E-state index in [1.54, 1.807) is 24.3 Å². The van der Waals surface area contributed by atoms with Crippen molar-refractivity contribution >= 4 is 12.6 Å². The maximum atomic E-state index is 9.73. The van der Waals surface area contributed by atoms with Gasteiger partial charge in [0.2, 0.25) is 5.79 Å². The molecule has 2 nitrogen and oxygen atoms in total. The Morgan fingerprint density at radius 1 is 1.31 bits per heavy atom. The van der Waals surface area contributed by atoms with E-state index in [4.69, 9.17) is 0 Å². The van der Waals surface area contributed by atoms with Crippen LogP contribution in [-0.2, 0) is 5.79 Å². The highest BCUT2D eigenvalue weighted by atomic mass is 32.1. The van der Waals surface area contributed by atoms with Gasteiger partial charge < -0.3 is 10.2 Å². The van der Waals surface area contributed by atoms with Gasteiger partial charge in [0.15, 0.2) is 0 Å². The normalized spacial score (nSPS) is 14.2. The molecule has 0 saturated carbocycles. The molecule has 0 aliphatic carbocycles. The standard InChI is InChI=1S/C10H14O2S/c1-2-9(13)10(11,12)8-6-4-3-5-7-8/h3-7,9,11-13H,2H2,1H3. The first-order valence-electron chi connectivity index (χ1n) is 4.27. The zero-order valence-electron chi connectivity index (χ0n) is 7.51. The molecule has 0 radical (unpaired) electrons. The van der Waals surface area contributed by atoms with Crippen molar-refractivity contribution in [2.45, 2.75) is 24.4 Å². The minimum Gasteiger partial charge on any atom is -0.361 e. The molecule has 1 rings (SSSR count). The second-order valence-corrected chi connectivity index (χ2v) is 3.64. The van der Waals surface area contributed by atoms with Gasteiger partial charge in [-0.15, -0.1) is 0 Å². The Morgan fingerprint density at radius 3 is 2.31 bits per heavy atom. The summed E-state index contributed by atoms with van der Waals surface area (Å²) in [6.45, 7) is 1.86. The lowest BCUT2D eigenvalue weighted by atomic mass is 10.0. The van der Waals surface area contributed by atoms with Crippen LogP contribution in [0.3, 0.4) is 0 Å². The van der Waals surface area contributed by atoms with E-state index < -0.39 is 11.0 Å². The first-order valence-corrected chi connectivity index (χ1v) is 4.79. The lowest BCUT2D eigenvalue weighted by Gasteiger charge is -2.27. The highest BCUT2D eigenvalue weighted by Gasteiger charge is 2.32. The number of aliphatic hydroxyl groups is 2.